The largest absolute Gasteiger partial charge is 0.349 e. The first-order valence-electron chi connectivity index (χ1n) is 8.22. The summed E-state index contributed by atoms with van der Waals surface area (Å²) in [7, 11) is 0. The SMILES string of the molecule is C=C[C@H](c1ccc(Br)cc1)[C@@H](NC(C)=O)c1ccc2ccccc2c1. The number of carbonyl (C=O) groups is 1. The molecule has 2 atom stereocenters. The lowest BCUT2D eigenvalue weighted by atomic mass is 9.86. The van der Waals surface area contributed by atoms with Crippen LogP contribution in [0.5, 0.6) is 0 Å². The van der Waals surface area contributed by atoms with Crippen LogP contribution in [0.15, 0.2) is 83.9 Å². The summed E-state index contributed by atoms with van der Waals surface area (Å²) in [4.78, 5) is 11.8. The Morgan fingerprint density at radius 1 is 1.00 bits per heavy atom. The van der Waals surface area contributed by atoms with Gasteiger partial charge in [0, 0.05) is 17.3 Å². The highest BCUT2D eigenvalue weighted by Crippen LogP contribution is 2.34. The standard InChI is InChI=1S/C22H20BrNO/c1-3-21(17-10-12-20(23)13-11-17)22(24-15(2)25)19-9-8-16-6-4-5-7-18(16)14-19/h3-14,21-22H,1H2,2H3,(H,24,25)/t21-,22+/m1/s1. The number of fused-ring (bicyclic) bond motifs is 1. The molecule has 1 amide bonds. The number of benzene rings is 3. The van der Waals surface area contributed by atoms with Crippen LogP contribution in [0.3, 0.4) is 0 Å². The predicted molar refractivity (Wildman–Crippen MR) is 108 cm³/mol. The molecule has 0 fully saturated rings. The Labute approximate surface area is 156 Å². The van der Waals surface area contributed by atoms with Crippen molar-refractivity contribution < 1.29 is 4.79 Å². The number of nitrogens with one attached hydrogen (secondary N) is 1. The number of carbonyl (C=O) groups excluding carboxylic acids is 1. The summed E-state index contributed by atoms with van der Waals surface area (Å²) in [5, 5.41) is 5.45. The number of amides is 1. The van der Waals surface area contributed by atoms with Crippen molar-refractivity contribution in [1.29, 1.82) is 0 Å². The van der Waals surface area contributed by atoms with Gasteiger partial charge in [-0.05, 0) is 40.1 Å². The smallest absolute Gasteiger partial charge is 0.217 e. The van der Waals surface area contributed by atoms with E-state index in [1.54, 1.807) is 6.92 Å². The van der Waals surface area contributed by atoms with Gasteiger partial charge in [0.2, 0.25) is 5.91 Å². The average molecular weight is 394 g/mol. The second-order valence-electron chi connectivity index (χ2n) is 6.10. The van der Waals surface area contributed by atoms with Crippen molar-refractivity contribution in [2.24, 2.45) is 0 Å². The van der Waals surface area contributed by atoms with E-state index in [1.807, 2.05) is 30.3 Å². The van der Waals surface area contributed by atoms with Gasteiger partial charge in [0.05, 0.1) is 6.04 Å². The molecule has 126 valence electrons. The fourth-order valence-corrected chi connectivity index (χ4v) is 3.41. The monoisotopic (exact) mass is 393 g/mol. The van der Waals surface area contributed by atoms with Gasteiger partial charge in [-0.2, -0.15) is 0 Å². The van der Waals surface area contributed by atoms with E-state index in [1.165, 1.54) is 5.39 Å². The van der Waals surface area contributed by atoms with E-state index >= 15 is 0 Å². The summed E-state index contributed by atoms with van der Waals surface area (Å²) < 4.78 is 1.03. The van der Waals surface area contributed by atoms with E-state index in [4.69, 9.17) is 0 Å². The second-order valence-corrected chi connectivity index (χ2v) is 7.01. The molecule has 2 nitrogen and oxygen atoms in total. The molecule has 0 aliphatic rings. The molecule has 3 heteroatoms. The number of halogens is 1. The van der Waals surface area contributed by atoms with Crippen molar-refractivity contribution in [3.8, 4) is 0 Å². The van der Waals surface area contributed by atoms with Crippen LogP contribution < -0.4 is 5.32 Å². The molecule has 0 saturated heterocycles. The fourth-order valence-electron chi connectivity index (χ4n) is 3.15. The summed E-state index contributed by atoms with van der Waals surface area (Å²) in [6.45, 7) is 5.56. The first-order valence-corrected chi connectivity index (χ1v) is 9.01. The van der Waals surface area contributed by atoms with E-state index in [9.17, 15) is 4.79 Å². The molecular formula is C22H20BrNO. The minimum absolute atomic E-state index is 0.0156. The molecule has 0 spiro atoms. The van der Waals surface area contributed by atoms with Gasteiger partial charge in [-0.3, -0.25) is 4.79 Å². The number of hydrogen-bond donors (Lipinski definition) is 1. The zero-order chi connectivity index (χ0) is 17.8. The Balaban J connectivity index is 2.06. The molecule has 0 aliphatic heterocycles. The lowest BCUT2D eigenvalue weighted by Gasteiger charge is -2.26. The molecule has 0 saturated carbocycles. The molecule has 1 N–H and O–H groups in total. The summed E-state index contributed by atoms with van der Waals surface area (Å²) in [6.07, 6.45) is 1.90. The number of rotatable bonds is 5. The van der Waals surface area contributed by atoms with E-state index in [0.29, 0.717) is 0 Å². The number of hydrogen-bond acceptors (Lipinski definition) is 1. The summed E-state index contributed by atoms with van der Waals surface area (Å²) in [6, 6.07) is 22.5. The maximum absolute atomic E-state index is 11.8. The van der Waals surface area contributed by atoms with Gasteiger partial charge < -0.3 is 5.32 Å². The Morgan fingerprint density at radius 2 is 1.64 bits per heavy atom. The van der Waals surface area contributed by atoms with Crippen LogP contribution in [0.2, 0.25) is 0 Å². The topological polar surface area (TPSA) is 29.1 Å². The molecule has 25 heavy (non-hydrogen) atoms. The van der Waals surface area contributed by atoms with E-state index in [-0.39, 0.29) is 17.9 Å². The van der Waals surface area contributed by atoms with Crippen LogP contribution >= 0.6 is 15.9 Å². The lowest BCUT2D eigenvalue weighted by molar-refractivity contribution is -0.119. The average Bonchev–Trinajstić information content (AvgIpc) is 2.62. The van der Waals surface area contributed by atoms with Gasteiger partial charge in [-0.15, -0.1) is 6.58 Å². The van der Waals surface area contributed by atoms with E-state index in [0.717, 1.165) is 21.0 Å². The molecule has 3 rings (SSSR count). The van der Waals surface area contributed by atoms with Crippen molar-refractivity contribution in [2.45, 2.75) is 18.9 Å². The molecule has 3 aromatic rings. The summed E-state index contributed by atoms with van der Waals surface area (Å²) >= 11 is 3.47. The zero-order valence-corrected chi connectivity index (χ0v) is 15.7. The van der Waals surface area contributed by atoms with Crippen LogP contribution in [-0.4, -0.2) is 5.91 Å². The van der Waals surface area contributed by atoms with Crippen LogP contribution in [0.4, 0.5) is 0 Å². The van der Waals surface area contributed by atoms with Crippen LogP contribution in [0.25, 0.3) is 10.8 Å². The predicted octanol–water partition coefficient (Wildman–Crippen LogP) is 5.75. The van der Waals surface area contributed by atoms with Gasteiger partial charge in [0.25, 0.3) is 0 Å². The lowest BCUT2D eigenvalue weighted by Crippen LogP contribution is -2.30. The minimum Gasteiger partial charge on any atom is -0.349 e. The second kappa shape index (κ2) is 7.66. The zero-order valence-electron chi connectivity index (χ0n) is 14.1. The van der Waals surface area contributed by atoms with Crippen LogP contribution in [0.1, 0.15) is 30.0 Å². The minimum atomic E-state index is -0.166. The maximum Gasteiger partial charge on any atom is 0.217 e. The third-order valence-electron chi connectivity index (χ3n) is 4.36. The molecule has 0 unspecified atom stereocenters. The molecule has 3 aromatic carbocycles. The third-order valence-corrected chi connectivity index (χ3v) is 4.89. The normalized spacial score (nSPS) is 13.2. The highest BCUT2D eigenvalue weighted by molar-refractivity contribution is 9.10. The first kappa shape index (κ1) is 17.4. The third kappa shape index (κ3) is 3.99. The molecule has 0 bridgehead atoms. The fraction of sp³-hybridized carbons (Fsp3) is 0.136. The van der Waals surface area contributed by atoms with E-state index < -0.39 is 0 Å². The Kier molecular flexibility index (Phi) is 5.34. The van der Waals surface area contributed by atoms with Crippen molar-refractivity contribution in [3.05, 3.63) is 95.0 Å². The molecular weight excluding hydrogens is 374 g/mol. The van der Waals surface area contributed by atoms with Crippen molar-refractivity contribution in [1.82, 2.24) is 5.32 Å². The highest BCUT2D eigenvalue weighted by atomic mass is 79.9. The van der Waals surface area contributed by atoms with Gasteiger partial charge in [-0.1, -0.05) is 70.5 Å². The van der Waals surface area contributed by atoms with Crippen LogP contribution in [0, 0.1) is 0 Å². The van der Waals surface area contributed by atoms with Gasteiger partial charge in [0.15, 0.2) is 0 Å². The van der Waals surface area contributed by atoms with Gasteiger partial charge >= 0.3 is 0 Å². The molecule has 0 radical (unpaired) electrons. The van der Waals surface area contributed by atoms with Crippen LogP contribution in [-0.2, 0) is 4.79 Å². The molecule has 0 aliphatic carbocycles. The van der Waals surface area contributed by atoms with Gasteiger partial charge in [-0.25, -0.2) is 0 Å². The molecule has 0 heterocycles. The molecule has 0 aromatic heterocycles. The highest BCUT2D eigenvalue weighted by Gasteiger charge is 2.23. The Bertz CT molecular complexity index is 901. The van der Waals surface area contributed by atoms with Crippen molar-refractivity contribution in [2.75, 3.05) is 0 Å². The maximum atomic E-state index is 11.8. The van der Waals surface area contributed by atoms with Gasteiger partial charge in [0.1, 0.15) is 0 Å². The quantitative estimate of drug-likeness (QED) is 0.549. The van der Waals surface area contributed by atoms with Crippen molar-refractivity contribution in [3.63, 3.8) is 0 Å². The van der Waals surface area contributed by atoms with E-state index in [2.05, 4.69) is 70.3 Å². The Hall–Kier alpha value is -2.39. The summed E-state index contributed by atoms with van der Waals surface area (Å²) in [5.41, 5.74) is 2.19. The first-order chi connectivity index (χ1) is 12.1. The van der Waals surface area contributed by atoms with Crippen molar-refractivity contribution >= 4 is 32.6 Å². The summed E-state index contributed by atoms with van der Waals surface area (Å²) in [5.74, 6) is -0.0692. The Morgan fingerprint density at radius 3 is 2.28 bits per heavy atom.